The Hall–Kier alpha value is -2.14. The minimum atomic E-state index is -1.07. The SMILES string of the molecule is C1CCC2C3NC(NC4NC(NC5NC(NC6NC(N3)C3CCCCC63)C3CCCCC53)C3CCCCC43)C2C1.N#Cc1ccccc1C(=O)O. The second-order valence-corrected chi connectivity index (χ2v) is 17.6. The molecule has 4 aliphatic carbocycles. The first-order valence-electron chi connectivity index (χ1n) is 20.9. The smallest absolute Gasteiger partial charge is 0.337 e. The molecule has 9 N–H and O–H groups in total. The van der Waals surface area contributed by atoms with E-state index in [4.69, 9.17) is 10.4 Å². The van der Waals surface area contributed by atoms with Gasteiger partial charge in [0.05, 0.1) is 60.5 Å². The maximum atomic E-state index is 10.4. The Bertz CT molecular complexity index is 1230. The lowest BCUT2D eigenvalue weighted by Gasteiger charge is -2.35. The van der Waals surface area contributed by atoms with Crippen LogP contribution in [0.2, 0.25) is 0 Å². The van der Waals surface area contributed by atoms with E-state index in [0.717, 1.165) is 47.3 Å². The number of hydrogen-bond donors (Lipinski definition) is 9. The molecule has 1 aromatic rings. The molecule has 11 heteroatoms. The summed E-state index contributed by atoms with van der Waals surface area (Å²) in [6.07, 6.45) is 25.6. The molecule has 51 heavy (non-hydrogen) atoms. The molecule has 5 aliphatic heterocycles. The maximum absolute atomic E-state index is 10.4. The van der Waals surface area contributed by atoms with Crippen molar-refractivity contribution in [2.24, 2.45) is 47.3 Å². The molecule has 5 saturated heterocycles. The fourth-order valence-electron chi connectivity index (χ4n) is 12.7. The van der Waals surface area contributed by atoms with Crippen LogP contribution in [0.3, 0.4) is 0 Å². The van der Waals surface area contributed by atoms with Crippen molar-refractivity contribution in [3.63, 3.8) is 0 Å². The maximum Gasteiger partial charge on any atom is 0.337 e. The van der Waals surface area contributed by atoms with Crippen LogP contribution < -0.4 is 42.5 Å². The third-order valence-electron chi connectivity index (χ3n) is 15.1. The van der Waals surface area contributed by atoms with Crippen molar-refractivity contribution in [2.75, 3.05) is 0 Å². The summed E-state index contributed by atoms with van der Waals surface area (Å²) in [5.74, 6) is 4.90. The highest BCUT2D eigenvalue weighted by molar-refractivity contribution is 5.90. The first-order chi connectivity index (χ1) is 25.1. The predicted octanol–water partition coefficient (Wildman–Crippen LogP) is 3.86. The van der Waals surface area contributed by atoms with Gasteiger partial charge in [0.1, 0.15) is 6.07 Å². The zero-order valence-electron chi connectivity index (χ0n) is 30.2. The summed E-state index contributed by atoms with van der Waals surface area (Å²) in [4.78, 5) is 10.4. The van der Waals surface area contributed by atoms with Gasteiger partial charge in [-0.25, -0.2) is 4.79 Å². The van der Waals surface area contributed by atoms with E-state index in [1.165, 1.54) is 115 Å². The molecule has 0 radical (unpaired) electrons. The first-order valence-corrected chi connectivity index (χ1v) is 20.9. The van der Waals surface area contributed by atoms with Crippen molar-refractivity contribution in [1.29, 1.82) is 5.26 Å². The summed E-state index contributed by atoms with van der Waals surface area (Å²) in [6, 6.07) is 7.89. The topological polar surface area (TPSA) is 157 Å². The lowest BCUT2D eigenvalue weighted by atomic mass is 9.76. The number of nitrogens with zero attached hydrogens (tertiary/aromatic N) is 1. The Balaban J connectivity index is 0.000000274. The van der Waals surface area contributed by atoms with Crippen LogP contribution in [0, 0.1) is 58.7 Å². The van der Waals surface area contributed by atoms with E-state index in [9.17, 15) is 4.79 Å². The molecule has 11 nitrogen and oxygen atoms in total. The van der Waals surface area contributed by atoms with E-state index in [0.29, 0.717) is 49.3 Å². The van der Waals surface area contributed by atoms with Crippen LogP contribution in [-0.2, 0) is 0 Å². The zero-order chi connectivity index (χ0) is 34.5. The molecular weight excluding hydrogens is 639 g/mol. The average Bonchev–Trinajstić information content (AvgIpc) is 3.91. The van der Waals surface area contributed by atoms with Gasteiger partial charge in [-0.2, -0.15) is 5.26 Å². The summed E-state index contributed by atoms with van der Waals surface area (Å²) in [5.41, 5.74) is 0.245. The number of hydrogen-bond acceptors (Lipinski definition) is 10. The van der Waals surface area contributed by atoms with Gasteiger partial charge >= 0.3 is 5.97 Å². The van der Waals surface area contributed by atoms with E-state index >= 15 is 0 Å². The average molecular weight is 700 g/mol. The highest BCUT2D eigenvalue weighted by Crippen LogP contribution is 2.45. The molecule has 4 saturated carbocycles. The molecule has 10 rings (SSSR count). The van der Waals surface area contributed by atoms with Crippen molar-refractivity contribution in [2.45, 2.75) is 152 Å². The van der Waals surface area contributed by atoms with Crippen LogP contribution in [0.25, 0.3) is 0 Å². The Morgan fingerprint density at radius 3 is 0.902 bits per heavy atom. The van der Waals surface area contributed by atoms with Gasteiger partial charge < -0.3 is 5.11 Å². The Labute approximate surface area is 304 Å². The monoisotopic (exact) mass is 699 g/mol. The first kappa shape index (κ1) is 34.6. The Morgan fingerprint density at radius 1 is 0.471 bits per heavy atom. The van der Waals surface area contributed by atoms with Crippen LogP contribution in [0.1, 0.15) is 119 Å². The third-order valence-corrected chi connectivity index (χ3v) is 15.1. The van der Waals surface area contributed by atoms with Crippen molar-refractivity contribution in [1.82, 2.24) is 42.5 Å². The minimum Gasteiger partial charge on any atom is -0.478 e. The Morgan fingerprint density at radius 2 is 0.706 bits per heavy atom. The summed E-state index contributed by atoms with van der Waals surface area (Å²) in [6.45, 7) is 0. The van der Waals surface area contributed by atoms with E-state index in [2.05, 4.69) is 42.5 Å². The van der Waals surface area contributed by atoms with Gasteiger partial charge in [0.2, 0.25) is 0 Å². The van der Waals surface area contributed by atoms with Gasteiger partial charge in [0.25, 0.3) is 0 Å². The molecule has 8 unspecified atom stereocenters. The largest absolute Gasteiger partial charge is 0.478 e. The quantitative estimate of drug-likeness (QED) is 0.210. The molecule has 9 fully saturated rings. The lowest BCUT2D eigenvalue weighted by Crippen LogP contribution is -2.61. The van der Waals surface area contributed by atoms with E-state index in [1.807, 2.05) is 0 Å². The van der Waals surface area contributed by atoms with Crippen LogP contribution in [0.4, 0.5) is 0 Å². The van der Waals surface area contributed by atoms with Crippen molar-refractivity contribution in [3.05, 3.63) is 35.4 Å². The van der Waals surface area contributed by atoms with Crippen molar-refractivity contribution in [3.8, 4) is 6.07 Å². The number of aromatic carboxylic acids is 1. The van der Waals surface area contributed by atoms with Gasteiger partial charge in [-0.3, -0.25) is 42.5 Å². The van der Waals surface area contributed by atoms with E-state index < -0.39 is 5.97 Å². The summed E-state index contributed by atoms with van der Waals surface area (Å²) in [5, 5.41) is 50.8. The highest BCUT2D eigenvalue weighted by atomic mass is 16.4. The number of rotatable bonds is 1. The second-order valence-electron chi connectivity index (χ2n) is 17.6. The molecule has 1 aromatic carbocycles. The Kier molecular flexibility index (Phi) is 10.1. The zero-order valence-corrected chi connectivity index (χ0v) is 30.2. The number of fused-ring (bicyclic) bond motifs is 20. The molecular formula is C40H61N9O2. The number of nitrogens with one attached hydrogen (secondary N) is 8. The van der Waals surface area contributed by atoms with Gasteiger partial charge in [-0.15, -0.1) is 0 Å². The van der Waals surface area contributed by atoms with Crippen LogP contribution in [-0.4, -0.2) is 60.4 Å². The molecule has 8 atom stereocenters. The summed E-state index contributed by atoms with van der Waals surface area (Å²) in [7, 11) is 0. The predicted molar refractivity (Wildman–Crippen MR) is 195 cm³/mol. The third kappa shape index (κ3) is 6.67. The van der Waals surface area contributed by atoms with Gasteiger partial charge in [0, 0.05) is 0 Å². The van der Waals surface area contributed by atoms with Crippen LogP contribution in [0.15, 0.2) is 24.3 Å². The van der Waals surface area contributed by atoms with Crippen molar-refractivity contribution >= 4 is 5.97 Å². The molecule has 5 heterocycles. The fraction of sp³-hybridized carbons (Fsp3) is 0.800. The number of carboxylic acids is 1. The standard InChI is InChI=1S/C32H56N8.C8H5NO2/c1-2-10-18-17(9-1)25-33-26(18)38-28-21-13-5-6-14-22(21)30(35-28)40-32-24-16-8-7-15-23(24)31(36-32)39-29-20-12-4-3-11-19(20)27(34-29)37-25;9-5-6-3-1-2-4-7(6)8(10)11/h17-40H,1-16H2;1-4H,(H,10,11). The van der Waals surface area contributed by atoms with Crippen LogP contribution in [0.5, 0.6) is 0 Å². The minimum absolute atomic E-state index is 0.0509. The highest BCUT2D eigenvalue weighted by Gasteiger charge is 2.54. The molecule has 8 bridgehead atoms. The molecule has 278 valence electrons. The van der Waals surface area contributed by atoms with Gasteiger partial charge in [-0.05, 0) is 111 Å². The number of carbonyl (C=O) groups is 1. The van der Waals surface area contributed by atoms with Crippen LogP contribution >= 0.6 is 0 Å². The molecule has 0 aromatic heterocycles. The summed E-state index contributed by atoms with van der Waals surface area (Å²) < 4.78 is 0. The molecule has 0 spiro atoms. The molecule has 0 amide bonds. The second kappa shape index (κ2) is 14.9. The van der Waals surface area contributed by atoms with Gasteiger partial charge in [-0.1, -0.05) is 63.5 Å². The number of nitriles is 1. The summed E-state index contributed by atoms with van der Waals surface area (Å²) >= 11 is 0. The normalized spacial score (nSPS) is 47.0. The fourth-order valence-corrected chi connectivity index (χ4v) is 12.7. The van der Waals surface area contributed by atoms with Gasteiger partial charge in [0.15, 0.2) is 0 Å². The van der Waals surface area contributed by atoms with E-state index in [-0.39, 0.29) is 11.1 Å². The van der Waals surface area contributed by atoms with Crippen molar-refractivity contribution < 1.29 is 9.90 Å². The number of carboxylic acid groups (broad SMARTS) is 1. The molecule has 9 aliphatic rings. The van der Waals surface area contributed by atoms with E-state index in [1.54, 1.807) is 18.2 Å². The lowest BCUT2D eigenvalue weighted by molar-refractivity contribution is 0.0696. The number of benzene rings is 1.